The lowest BCUT2D eigenvalue weighted by molar-refractivity contribution is 0.0373. The molecule has 1 N–H and O–H groups in total. The van der Waals surface area contributed by atoms with Crippen LogP contribution in [0.2, 0.25) is 0 Å². The highest BCUT2D eigenvalue weighted by Crippen LogP contribution is 2.10. The average molecular weight is 280 g/mol. The lowest BCUT2D eigenvalue weighted by Gasteiger charge is -2.19. The molecule has 1 atom stereocenters. The quantitative estimate of drug-likeness (QED) is 0.417. The van der Waals surface area contributed by atoms with Crippen LogP contribution in [-0.4, -0.2) is 29.8 Å². The molecule has 1 unspecified atom stereocenters. The molecule has 0 amide bonds. The second-order valence-electron chi connectivity index (χ2n) is 5.29. The van der Waals surface area contributed by atoms with Crippen LogP contribution in [-0.2, 0) is 0 Å². The van der Waals surface area contributed by atoms with Crippen LogP contribution in [0.5, 0.6) is 0 Å². The van der Waals surface area contributed by atoms with E-state index in [-0.39, 0.29) is 18.6 Å². The molecule has 0 saturated heterocycles. The Hall–Kier alpha value is 0.210. The predicted octanol–water partition coefficient (Wildman–Crippen LogP) is 4.60. The molecular weight excluding hydrogens is 246 g/mol. The summed E-state index contributed by atoms with van der Waals surface area (Å²) >= 11 is 0. The first-order valence-corrected chi connectivity index (χ1v) is 7.56. The van der Waals surface area contributed by atoms with Crippen molar-refractivity contribution in [3.63, 3.8) is 0 Å². The topological polar surface area (TPSA) is 23.5 Å². The number of rotatable bonds is 12. The third-order valence-corrected chi connectivity index (χ3v) is 3.50. The molecular formula is C15H34ClNO. The summed E-state index contributed by atoms with van der Waals surface area (Å²) in [7, 11) is 1.98. The summed E-state index contributed by atoms with van der Waals surface area (Å²) in [6.45, 7) is 5.12. The Morgan fingerprint density at radius 3 is 1.61 bits per heavy atom. The average Bonchev–Trinajstić information content (AvgIpc) is 2.31. The molecule has 0 spiro atoms. The molecule has 0 saturated carbocycles. The van der Waals surface area contributed by atoms with E-state index < -0.39 is 0 Å². The summed E-state index contributed by atoms with van der Waals surface area (Å²) in [6, 6.07) is 0. The maximum atomic E-state index is 9.29. The molecule has 0 aromatic heterocycles. The van der Waals surface area contributed by atoms with Gasteiger partial charge < -0.3 is 5.11 Å². The van der Waals surface area contributed by atoms with Gasteiger partial charge in [-0.15, -0.1) is 12.4 Å². The molecule has 18 heavy (non-hydrogen) atoms. The summed E-state index contributed by atoms with van der Waals surface area (Å²) in [5, 5.41) is 9.29. The fourth-order valence-electron chi connectivity index (χ4n) is 2.04. The van der Waals surface area contributed by atoms with Gasteiger partial charge in [-0.2, -0.15) is 0 Å². The van der Waals surface area contributed by atoms with Gasteiger partial charge in [0.25, 0.3) is 0 Å². The lowest BCUT2D eigenvalue weighted by atomic mass is 10.1. The summed E-state index contributed by atoms with van der Waals surface area (Å²) in [6.07, 6.45) is 13.4. The molecule has 0 aromatic carbocycles. The summed E-state index contributed by atoms with van der Waals surface area (Å²) < 4.78 is 0. The first-order chi connectivity index (χ1) is 8.18. The van der Waals surface area contributed by atoms with Crippen LogP contribution in [0.4, 0.5) is 0 Å². The molecule has 3 heteroatoms. The van der Waals surface area contributed by atoms with Crippen LogP contribution in [0.3, 0.4) is 0 Å². The molecule has 0 aliphatic carbocycles. The number of unbranched alkanes of at least 4 members (excludes halogenated alkanes) is 9. The smallest absolute Gasteiger partial charge is 0.104 e. The van der Waals surface area contributed by atoms with Crippen molar-refractivity contribution in [2.24, 2.45) is 0 Å². The van der Waals surface area contributed by atoms with Crippen molar-refractivity contribution >= 4 is 12.4 Å². The molecule has 2 nitrogen and oxygen atoms in total. The molecule has 0 radical (unpaired) electrons. The SMILES string of the molecule is CCCCCCCCCCCCN(C)C(C)O.Cl. The maximum absolute atomic E-state index is 9.29. The highest BCUT2D eigenvalue weighted by Gasteiger charge is 2.02. The minimum absolute atomic E-state index is 0. The monoisotopic (exact) mass is 279 g/mol. The van der Waals surface area contributed by atoms with E-state index in [0.717, 1.165) is 6.54 Å². The van der Waals surface area contributed by atoms with Crippen molar-refractivity contribution in [3.05, 3.63) is 0 Å². The van der Waals surface area contributed by atoms with E-state index in [9.17, 15) is 5.11 Å². The van der Waals surface area contributed by atoms with Crippen molar-refractivity contribution in [1.29, 1.82) is 0 Å². The van der Waals surface area contributed by atoms with E-state index in [1.165, 1.54) is 64.2 Å². The molecule has 0 rings (SSSR count). The van der Waals surface area contributed by atoms with E-state index in [0.29, 0.717) is 0 Å². The highest BCUT2D eigenvalue weighted by atomic mass is 35.5. The van der Waals surface area contributed by atoms with Gasteiger partial charge in [0.05, 0.1) is 0 Å². The van der Waals surface area contributed by atoms with Gasteiger partial charge in [-0.05, 0) is 20.4 Å². The Bertz CT molecular complexity index is 153. The molecule has 112 valence electrons. The van der Waals surface area contributed by atoms with Crippen LogP contribution in [0.15, 0.2) is 0 Å². The van der Waals surface area contributed by atoms with Gasteiger partial charge in [0.2, 0.25) is 0 Å². The van der Waals surface area contributed by atoms with Crippen molar-refractivity contribution in [2.45, 2.75) is 84.3 Å². The summed E-state index contributed by atoms with van der Waals surface area (Å²) in [5.41, 5.74) is 0. The van der Waals surface area contributed by atoms with E-state index >= 15 is 0 Å². The van der Waals surface area contributed by atoms with E-state index in [1.54, 1.807) is 0 Å². The Labute approximate surface area is 121 Å². The van der Waals surface area contributed by atoms with Crippen molar-refractivity contribution in [3.8, 4) is 0 Å². The second kappa shape index (κ2) is 15.3. The van der Waals surface area contributed by atoms with Crippen molar-refractivity contribution in [2.75, 3.05) is 13.6 Å². The number of halogens is 1. The van der Waals surface area contributed by atoms with Crippen molar-refractivity contribution in [1.82, 2.24) is 4.90 Å². The normalized spacial score (nSPS) is 12.5. The van der Waals surface area contributed by atoms with Crippen LogP contribution in [0.1, 0.15) is 78.1 Å². The van der Waals surface area contributed by atoms with Gasteiger partial charge in [0.1, 0.15) is 6.23 Å². The van der Waals surface area contributed by atoms with E-state index in [2.05, 4.69) is 6.92 Å². The maximum Gasteiger partial charge on any atom is 0.104 e. The molecule has 0 fully saturated rings. The highest BCUT2D eigenvalue weighted by molar-refractivity contribution is 5.85. The van der Waals surface area contributed by atoms with Gasteiger partial charge in [-0.25, -0.2) is 0 Å². The number of hydrogen-bond donors (Lipinski definition) is 1. The summed E-state index contributed by atoms with van der Waals surface area (Å²) in [5.74, 6) is 0. The van der Waals surface area contributed by atoms with E-state index in [1.807, 2.05) is 18.9 Å². The number of nitrogens with zero attached hydrogens (tertiary/aromatic N) is 1. The Balaban J connectivity index is 0. The zero-order chi connectivity index (χ0) is 12.9. The zero-order valence-corrected chi connectivity index (χ0v) is 13.5. The van der Waals surface area contributed by atoms with Gasteiger partial charge >= 0.3 is 0 Å². The Morgan fingerprint density at radius 1 is 0.833 bits per heavy atom. The fourth-order valence-corrected chi connectivity index (χ4v) is 2.04. The Kier molecular flexibility index (Phi) is 17.4. The third kappa shape index (κ3) is 14.3. The number of aliphatic hydroxyl groups excluding tert-OH is 1. The molecule has 0 aliphatic heterocycles. The molecule has 0 heterocycles. The first kappa shape index (κ1) is 20.5. The Morgan fingerprint density at radius 2 is 1.22 bits per heavy atom. The van der Waals surface area contributed by atoms with Gasteiger partial charge in [-0.1, -0.05) is 64.7 Å². The predicted molar refractivity (Wildman–Crippen MR) is 83.4 cm³/mol. The minimum Gasteiger partial charge on any atom is -0.379 e. The van der Waals surface area contributed by atoms with Crippen LogP contribution >= 0.6 is 12.4 Å². The lowest BCUT2D eigenvalue weighted by Crippen LogP contribution is -2.29. The summed E-state index contributed by atoms with van der Waals surface area (Å²) in [4.78, 5) is 2.00. The van der Waals surface area contributed by atoms with Crippen LogP contribution in [0.25, 0.3) is 0 Å². The molecule has 0 aromatic rings. The van der Waals surface area contributed by atoms with Gasteiger partial charge in [-0.3, -0.25) is 4.90 Å². The van der Waals surface area contributed by atoms with Crippen LogP contribution in [0, 0.1) is 0 Å². The third-order valence-electron chi connectivity index (χ3n) is 3.50. The van der Waals surface area contributed by atoms with E-state index in [4.69, 9.17) is 0 Å². The standard InChI is InChI=1S/C15H33NO.ClH/c1-4-5-6-7-8-9-10-11-12-13-14-16(3)15(2)17;/h15,17H,4-14H2,1-3H3;1H. The first-order valence-electron chi connectivity index (χ1n) is 7.56. The molecule has 0 aliphatic rings. The van der Waals surface area contributed by atoms with Crippen LogP contribution < -0.4 is 0 Å². The number of hydrogen-bond acceptors (Lipinski definition) is 2. The zero-order valence-electron chi connectivity index (χ0n) is 12.7. The number of aliphatic hydroxyl groups is 1. The largest absolute Gasteiger partial charge is 0.379 e. The van der Waals surface area contributed by atoms with Crippen molar-refractivity contribution < 1.29 is 5.11 Å². The van der Waals surface area contributed by atoms with Gasteiger partial charge in [0.15, 0.2) is 0 Å². The fraction of sp³-hybridized carbons (Fsp3) is 1.00. The second-order valence-corrected chi connectivity index (χ2v) is 5.29. The molecule has 0 bridgehead atoms. The minimum atomic E-state index is -0.298. The van der Waals surface area contributed by atoms with Gasteiger partial charge in [0, 0.05) is 6.54 Å².